The van der Waals surface area contributed by atoms with E-state index in [0.29, 0.717) is 40.6 Å². The molecule has 0 saturated carbocycles. The van der Waals surface area contributed by atoms with Gasteiger partial charge in [-0.05, 0) is 81.9 Å². The number of aromatic nitrogens is 3. The van der Waals surface area contributed by atoms with Gasteiger partial charge in [0.05, 0.1) is 5.57 Å². The predicted octanol–water partition coefficient (Wildman–Crippen LogP) is 6.15. The Morgan fingerprint density at radius 2 is 1.72 bits per heavy atom. The summed E-state index contributed by atoms with van der Waals surface area (Å²) >= 11 is 0. The molecule has 8 heteroatoms. The summed E-state index contributed by atoms with van der Waals surface area (Å²) in [7, 11) is 0. The van der Waals surface area contributed by atoms with Crippen LogP contribution >= 0.6 is 0 Å². The number of aromatic amines is 1. The number of anilines is 1. The average molecular weight is 524 g/mol. The highest BCUT2D eigenvalue weighted by Crippen LogP contribution is 2.37. The quantitative estimate of drug-likeness (QED) is 0.191. The van der Waals surface area contributed by atoms with Gasteiger partial charge in [-0.15, -0.1) is 10.2 Å². The topological polar surface area (TPSA) is 104 Å². The van der Waals surface area contributed by atoms with Crippen LogP contribution in [-0.2, 0) is 4.79 Å². The standard InChI is InChI=1S/C31H33N5O3/c1-5-36(6-2)16-10-13-27(37)28-19(3)26(32-20(28)4)18-24-23-17-22(14-15-25(23)33-29(24)38)31-35-34-30(39-31)21-11-8-7-9-12-21/h7-9,11-12,14-15,17-18,32H,5-6,10,13,16H2,1-4H3,(H,33,38)/b24-18-. The van der Waals surface area contributed by atoms with Crippen molar-refractivity contribution in [3.05, 3.63) is 76.6 Å². The number of ketones is 1. The van der Waals surface area contributed by atoms with E-state index < -0.39 is 0 Å². The van der Waals surface area contributed by atoms with Crippen LogP contribution in [0.1, 0.15) is 59.6 Å². The van der Waals surface area contributed by atoms with Crippen molar-refractivity contribution in [3.63, 3.8) is 0 Å². The summed E-state index contributed by atoms with van der Waals surface area (Å²) in [5.41, 5.74) is 6.68. The van der Waals surface area contributed by atoms with Crippen LogP contribution in [0, 0.1) is 13.8 Å². The van der Waals surface area contributed by atoms with Gasteiger partial charge in [-0.3, -0.25) is 9.59 Å². The fourth-order valence-corrected chi connectivity index (χ4v) is 5.11. The Labute approximate surface area is 228 Å². The SMILES string of the molecule is CCN(CC)CCCC(=O)c1c(C)[nH]c(/C=C2\C(=O)Nc3ccc(-c4nnc(-c5ccccc5)o4)cc32)c1C. The Hall–Kier alpha value is -4.30. The summed E-state index contributed by atoms with van der Waals surface area (Å²) in [5, 5.41) is 11.3. The second-order valence-electron chi connectivity index (χ2n) is 9.77. The van der Waals surface area contributed by atoms with Crippen molar-refractivity contribution in [2.75, 3.05) is 25.0 Å². The molecule has 1 amide bonds. The average Bonchev–Trinajstić information content (AvgIpc) is 3.63. The number of H-pyrrole nitrogens is 1. The minimum atomic E-state index is -0.198. The minimum absolute atomic E-state index is 0.127. The molecule has 1 aliphatic rings. The van der Waals surface area contributed by atoms with Crippen molar-refractivity contribution < 1.29 is 14.0 Å². The van der Waals surface area contributed by atoms with Gasteiger partial charge in [0.15, 0.2) is 5.78 Å². The largest absolute Gasteiger partial charge is 0.416 e. The van der Waals surface area contributed by atoms with E-state index in [1.807, 2.05) is 68.5 Å². The maximum absolute atomic E-state index is 13.1. The number of rotatable bonds is 10. The van der Waals surface area contributed by atoms with Crippen LogP contribution < -0.4 is 5.32 Å². The lowest BCUT2D eigenvalue weighted by molar-refractivity contribution is -0.110. The third kappa shape index (κ3) is 5.33. The van der Waals surface area contributed by atoms with Gasteiger partial charge in [0.25, 0.3) is 5.91 Å². The van der Waals surface area contributed by atoms with E-state index in [1.165, 1.54) is 0 Å². The lowest BCUT2D eigenvalue weighted by atomic mass is 9.99. The number of hydrogen-bond donors (Lipinski definition) is 2. The highest BCUT2D eigenvalue weighted by Gasteiger charge is 2.27. The van der Waals surface area contributed by atoms with E-state index in [9.17, 15) is 9.59 Å². The molecular formula is C31H33N5O3. The number of carbonyl (C=O) groups is 2. The van der Waals surface area contributed by atoms with Gasteiger partial charge in [-0.2, -0.15) is 0 Å². The van der Waals surface area contributed by atoms with E-state index in [1.54, 1.807) is 0 Å². The number of carbonyl (C=O) groups excluding carboxylic acids is 2. The molecule has 0 spiro atoms. The van der Waals surface area contributed by atoms with Gasteiger partial charge in [0.1, 0.15) is 0 Å². The van der Waals surface area contributed by atoms with Crippen LogP contribution in [0.25, 0.3) is 34.6 Å². The number of hydrogen-bond acceptors (Lipinski definition) is 6. The van der Waals surface area contributed by atoms with Gasteiger partial charge in [0, 0.05) is 45.7 Å². The molecule has 5 rings (SSSR count). The van der Waals surface area contributed by atoms with E-state index in [2.05, 4.69) is 39.2 Å². The molecule has 4 aromatic rings. The molecule has 2 aromatic heterocycles. The fourth-order valence-electron chi connectivity index (χ4n) is 5.11. The molecule has 2 aromatic carbocycles. The number of benzene rings is 2. The minimum Gasteiger partial charge on any atom is -0.416 e. The molecule has 0 saturated heterocycles. The first-order valence-corrected chi connectivity index (χ1v) is 13.4. The van der Waals surface area contributed by atoms with Gasteiger partial charge in [0.2, 0.25) is 11.8 Å². The molecular weight excluding hydrogens is 490 g/mol. The number of amides is 1. The predicted molar refractivity (Wildman–Crippen MR) is 153 cm³/mol. The number of aryl methyl sites for hydroxylation is 1. The first-order valence-electron chi connectivity index (χ1n) is 13.4. The lowest BCUT2D eigenvalue weighted by Gasteiger charge is -2.17. The molecule has 0 aliphatic carbocycles. The molecule has 0 unspecified atom stereocenters. The highest BCUT2D eigenvalue weighted by molar-refractivity contribution is 6.35. The summed E-state index contributed by atoms with van der Waals surface area (Å²) in [6, 6.07) is 15.2. The van der Waals surface area contributed by atoms with E-state index in [-0.39, 0.29) is 11.7 Å². The number of nitrogens with zero attached hydrogens (tertiary/aromatic N) is 3. The summed E-state index contributed by atoms with van der Waals surface area (Å²) in [6.45, 7) is 11.0. The van der Waals surface area contributed by atoms with Crippen LogP contribution in [0.3, 0.4) is 0 Å². The summed E-state index contributed by atoms with van der Waals surface area (Å²) in [4.78, 5) is 31.7. The van der Waals surface area contributed by atoms with Gasteiger partial charge in [-0.1, -0.05) is 32.0 Å². The fraction of sp³-hybridized carbons (Fsp3) is 0.290. The summed E-state index contributed by atoms with van der Waals surface area (Å²) in [5.74, 6) is 0.737. The van der Waals surface area contributed by atoms with E-state index in [0.717, 1.165) is 54.1 Å². The van der Waals surface area contributed by atoms with Crippen molar-refractivity contribution in [2.24, 2.45) is 0 Å². The first-order chi connectivity index (χ1) is 18.9. The number of Topliss-reactive ketones (excluding diaryl/α,β-unsaturated/α-hetero) is 1. The Morgan fingerprint density at radius 1 is 1.00 bits per heavy atom. The third-order valence-corrected chi connectivity index (χ3v) is 7.31. The molecule has 39 heavy (non-hydrogen) atoms. The molecule has 0 bridgehead atoms. The van der Waals surface area contributed by atoms with Gasteiger partial charge >= 0.3 is 0 Å². The van der Waals surface area contributed by atoms with Crippen LogP contribution in [0.4, 0.5) is 5.69 Å². The normalized spacial score (nSPS) is 13.8. The van der Waals surface area contributed by atoms with Crippen LogP contribution in [-0.4, -0.2) is 51.4 Å². The lowest BCUT2D eigenvalue weighted by Crippen LogP contribution is -2.24. The number of fused-ring (bicyclic) bond motifs is 1. The number of nitrogens with one attached hydrogen (secondary N) is 2. The van der Waals surface area contributed by atoms with Crippen LogP contribution in [0.5, 0.6) is 0 Å². The smallest absolute Gasteiger partial charge is 0.256 e. The molecule has 0 fully saturated rings. The Bertz CT molecular complexity index is 1540. The molecule has 1 aliphatic heterocycles. The second kappa shape index (κ2) is 11.2. The van der Waals surface area contributed by atoms with Crippen molar-refractivity contribution in [1.82, 2.24) is 20.1 Å². The van der Waals surface area contributed by atoms with Crippen molar-refractivity contribution in [2.45, 2.75) is 40.5 Å². The van der Waals surface area contributed by atoms with Gasteiger partial charge < -0.3 is 19.6 Å². The van der Waals surface area contributed by atoms with Crippen molar-refractivity contribution >= 4 is 29.0 Å². The van der Waals surface area contributed by atoms with Gasteiger partial charge in [-0.25, -0.2) is 0 Å². The zero-order chi connectivity index (χ0) is 27.5. The Morgan fingerprint density at radius 3 is 2.44 bits per heavy atom. The molecule has 8 nitrogen and oxygen atoms in total. The maximum Gasteiger partial charge on any atom is 0.256 e. The monoisotopic (exact) mass is 523 g/mol. The summed E-state index contributed by atoms with van der Waals surface area (Å²) in [6.07, 6.45) is 3.14. The molecule has 200 valence electrons. The Balaban J connectivity index is 1.41. The molecule has 0 atom stereocenters. The zero-order valence-electron chi connectivity index (χ0n) is 22.8. The molecule has 3 heterocycles. The van der Waals surface area contributed by atoms with Crippen LogP contribution in [0.15, 0.2) is 52.9 Å². The molecule has 0 radical (unpaired) electrons. The molecule has 2 N–H and O–H groups in total. The Kier molecular flexibility index (Phi) is 7.56. The summed E-state index contributed by atoms with van der Waals surface area (Å²) < 4.78 is 5.93. The third-order valence-electron chi connectivity index (χ3n) is 7.31. The van der Waals surface area contributed by atoms with E-state index >= 15 is 0 Å². The van der Waals surface area contributed by atoms with Crippen molar-refractivity contribution in [3.8, 4) is 22.9 Å². The van der Waals surface area contributed by atoms with E-state index in [4.69, 9.17) is 4.42 Å². The van der Waals surface area contributed by atoms with Crippen LogP contribution in [0.2, 0.25) is 0 Å². The second-order valence-corrected chi connectivity index (χ2v) is 9.77. The zero-order valence-corrected chi connectivity index (χ0v) is 22.8. The first kappa shape index (κ1) is 26.3. The highest BCUT2D eigenvalue weighted by atomic mass is 16.4. The maximum atomic E-state index is 13.1. The van der Waals surface area contributed by atoms with Crippen molar-refractivity contribution in [1.29, 1.82) is 0 Å².